The number of para-hydroxylation sites is 2. The van der Waals surface area contributed by atoms with Gasteiger partial charge in [0.1, 0.15) is 16.9 Å². The van der Waals surface area contributed by atoms with Crippen LogP contribution in [0.3, 0.4) is 0 Å². The van der Waals surface area contributed by atoms with Crippen LogP contribution in [0.25, 0.3) is 73.4 Å². The molecule has 11 heteroatoms. The SMILES string of the molecule is O=S(=O)(Oc1cc(N(c2ccccc2)c2ccc3sc4ccccc4c3c2)c2sc3ccc(-c4ccc5oc6ccccc6c5c4)cc3c2c1)C(F)(F)F. The van der Waals surface area contributed by atoms with Crippen LogP contribution >= 0.6 is 22.7 Å². The molecule has 0 aliphatic rings. The Labute approximate surface area is 313 Å². The molecule has 10 aromatic rings. The van der Waals surface area contributed by atoms with Crippen molar-refractivity contribution < 1.29 is 30.2 Å². The molecule has 0 atom stereocenters. The van der Waals surface area contributed by atoms with E-state index in [2.05, 4.69) is 24.3 Å². The highest BCUT2D eigenvalue weighted by molar-refractivity contribution is 7.88. The lowest BCUT2D eigenvalue weighted by molar-refractivity contribution is -0.0500. The third-order valence-corrected chi connectivity index (χ3v) is 12.9. The number of fused-ring (bicyclic) bond motifs is 9. The molecule has 5 nitrogen and oxygen atoms in total. The zero-order chi connectivity index (χ0) is 36.8. The van der Waals surface area contributed by atoms with Gasteiger partial charge in [-0.15, -0.1) is 22.7 Å². The second kappa shape index (κ2) is 12.1. The number of furan rings is 1. The zero-order valence-electron chi connectivity index (χ0n) is 27.8. The van der Waals surface area contributed by atoms with Crippen LogP contribution in [-0.4, -0.2) is 13.9 Å². The van der Waals surface area contributed by atoms with Crippen molar-refractivity contribution in [2.24, 2.45) is 0 Å². The van der Waals surface area contributed by atoms with Gasteiger partial charge in [-0.25, -0.2) is 0 Å². The number of alkyl halides is 3. The Bertz CT molecular complexity index is 3220. The highest BCUT2D eigenvalue weighted by Crippen LogP contribution is 2.49. The number of benzene rings is 7. The second-order valence-corrected chi connectivity index (χ2v) is 16.5. The minimum Gasteiger partial charge on any atom is -0.456 e. The number of thiophene rings is 2. The lowest BCUT2D eigenvalue weighted by atomic mass is 10.0. The van der Waals surface area contributed by atoms with Crippen molar-refractivity contribution in [2.45, 2.75) is 5.51 Å². The van der Waals surface area contributed by atoms with Crippen LogP contribution in [0.1, 0.15) is 0 Å². The summed E-state index contributed by atoms with van der Waals surface area (Å²) in [5.41, 5.74) is -0.336. The van der Waals surface area contributed by atoms with Crippen molar-refractivity contribution in [2.75, 3.05) is 4.90 Å². The highest BCUT2D eigenvalue weighted by Gasteiger charge is 2.48. The van der Waals surface area contributed by atoms with E-state index in [4.69, 9.17) is 8.60 Å². The molecule has 0 aliphatic carbocycles. The largest absolute Gasteiger partial charge is 0.534 e. The molecule has 54 heavy (non-hydrogen) atoms. The maximum atomic E-state index is 13.8. The quantitative estimate of drug-likeness (QED) is 0.124. The summed E-state index contributed by atoms with van der Waals surface area (Å²) in [5, 5.41) is 5.36. The first-order valence-corrected chi connectivity index (χ1v) is 19.8. The molecule has 0 aliphatic heterocycles. The van der Waals surface area contributed by atoms with Crippen LogP contribution in [0, 0.1) is 0 Å². The van der Waals surface area contributed by atoms with Crippen molar-refractivity contribution in [3.8, 4) is 16.9 Å². The van der Waals surface area contributed by atoms with Gasteiger partial charge in [0.15, 0.2) is 0 Å². The first-order chi connectivity index (χ1) is 26.1. The molecular formula is C43H24F3NO4S3. The predicted octanol–water partition coefficient (Wildman–Crippen LogP) is 13.7. The lowest BCUT2D eigenvalue weighted by Gasteiger charge is -2.26. The molecule has 0 fully saturated rings. The molecule has 0 spiro atoms. The number of hydrogen-bond acceptors (Lipinski definition) is 7. The molecule has 0 saturated heterocycles. The van der Waals surface area contributed by atoms with Gasteiger partial charge in [-0.1, -0.05) is 66.7 Å². The number of hydrogen-bond donors (Lipinski definition) is 0. The Balaban J connectivity index is 1.22. The fourth-order valence-electron chi connectivity index (χ4n) is 7.17. The number of rotatable bonds is 6. The third-order valence-electron chi connectivity index (χ3n) is 9.60. The highest BCUT2D eigenvalue weighted by atomic mass is 32.2. The van der Waals surface area contributed by atoms with E-state index in [1.807, 2.05) is 114 Å². The molecule has 0 N–H and O–H groups in total. The Hall–Kier alpha value is -5.88. The topological polar surface area (TPSA) is 59.8 Å². The van der Waals surface area contributed by atoms with Crippen LogP contribution in [0.4, 0.5) is 30.2 Å². The molecular weight excluding hydrogens is 748 g/mol. The van der Waals surface area contributed by atoms with Crippen molar-refractivity contribution in [3.63, 3.8) is 0 Å². The monoisotopic (exact) mass is 771 g/mol. The predicted molar refractivity (Wildman–Crippen MR) is 215 cm³/mol. The fraction of sp³-hybridized carbons (Fsp3) is 0.0233. The van der Waals surface area contributed by atoms with Gasteiger partial charge in [0, 0.05) is 63.9 Å². The van der Waals surface area contributed by atoms with Gasteiger partial charge in [-0.2, -0.15) is 21.6 Å². The van der Waals surface area contributed by atoms with Gasteiger partial charge in [-0.05, 0) is 83.9 Å². The molecule has 0 bridgehead atoms. The van der Waals surface area contributed by atoms with E-state index < -0.39 is 21.4 Å². The number of halogens is 3. The average Bonchev–Trinajstić information content (AvgIpc) is 3.85. The molecule has 3 aromatic heterocycles. The van der Waals surface area contributed by atoms with Gasteiger partial charge in [0.05, 0.1) is 10.4 Å². The normalized spacial score (nSPS) is 12.5. The van der Waals surface area contributed by atoms with E-state index in [0.29, 0.717) is 11.1 Å². The van der Waals surface area contributed by atoms with E-state index >= 15 is 0 Å². The minimum absolute atomic E-state index is 0.450. The van der Waals surface area contributed by atoms with Crippen molar-refractivity contribution in [1.82, 2.24) is 0 Å². The van der Waals surface area contributed by atoms with Crippen LogP contribution < -0.4 is 9.08 Å². The van der Waals surface area contributed by atoms with E-state index in [-0.39, 0.29) is 0 Å². The fourth-order valence-corrected chi connectivity index (χ4v) is 9.86. The first-order valence-electron chi connectivity index (χ1n) is 16.8. The van der Waals surface area contributed by atoms with Crippen LogP contribution in [-0.2, 0) is 10.1 Å². The summed E-state index contributed by atoms with van der Waals surface area (Å²) in [6, 6.07) is 46.2. The van der Waals surface area contributed by atoms with Gasteiger partial charge >= 0.3 is 15.6 Å². The summed E-state index contributed by atoms with van der Waals surface area (Å²) in [5.74, 6) is -0.450. The van der Waals surface area contributed by atoms with E-state index in [1.165, 1.54) is 23.5 Å². The van der Waals surface area contributed by atoms with Crippen molar-refractivity contribution in [3.05, 3.63) is 146 Å². The maximum absolute atomic E-state index is 13.8. The van der Waals surface area contributed by atoms with Gasteiger partial charge in [0.2, 0.25) is 0 Å². The lowest BCUT2D eigenvalue weighted by Crippen LogP contribution is -2.28. The summed E-state index contributed by atoms with van der Waals surface area (Å²) in [6.45, 7) is 0. The zero-order valence-corrected chi connectivity index (χ0v) is 30.2. The first kappa shape index (κ1) is 32.7. The minimum atomic E-state index is -5.98. The Morgan fingerprint density at radius 1 is 0.537 bits per heavy atom. The summed E-state index contributed by atoms with van der Waals surface area (Å²) in [7, 11) is -5.98. The third kappa shape index (κ3) is 5.30. The number of anilines is 3. The smallest absolute Gasteiger partial charge is 0.456 e. The van der Waals surface area contributed by atoms with E-state index in [0.717, 1.165) is 79.4 Å². The van der Waals surface area contributed by atoms with Crippen molar-refractivity contribution >= 4 is 112 Å². The summed E-state index contributed by atoms with van der Waals surface area (Å²) in [4.78, 5) is 1.94. The molecule has 3 heterocycles. The molecule has 10 rings (SSSR count). The van der Waals surface area contributed by atoms with Crippen LogP contribution in [0.15, 0.2) is 150 Å². The second-order valence-electron chi connectivity index (χ2n) is 12.9. The average molecular weight is 772 g/mol. The Morgan fingerprint density at radius 3 is 1.98 bits per heavy atom. The van der Waals surface area contributed by atoms with Gasteiger partial charge in [-0.3, -0.25) is 0 Å². The van der Waals surface area contributed by atoms with Crippen LogP contribution in [0.5, 0.6) is 5.75 Å². The molecule has 7 aromatic carbocycles. The molecule has 0 amide bonds. The van der Waals surface area contributed by atoms with E-state index in [9.17, 15) is 21.6 Å². The molecule has 0 saturated carbocycles. The van der Waals surface area contributed by atoms with Crippen molar-refractivity contribution in [1.29, 1.82) is 0 Å². The summed E-state index contributed by atoms with van der Waals surface area (Å²) in [6.07, 6.45) is 0. The summed E-state index contributed by atoms with van der Waals surface area (Å²) >= 11 is 3.15. The molecule has 0 unspecified atom stereocenters. The van der Waals surface area contributed by atoms with Gasteiger partial charge in [0.25, 0.3) is 0 Å². The number of nitrogens with zero attached hydrogens (tertiary/aromatic N) is 1. The van der Waals surface area contributed by atoms with Gasteiger partial charge < -0.3 is 13.5 Å². The van der Waals surface area contributed by atoms with Crippen LogP contribution in [0.2, 0.25) is 0 Å². The Morgan fingerprint density at radius 2 is 1.17 bits per heavy atom. The summed E-state index contributed by atoms with van der Waals surface area (Å²) < 4.78 is 81.0. The molecule has 0 radical (unpaired) electrons. The molecule has 264 valence electrons. The standard InChI is InChI=1S/C43H24F3NO4S3/c44-43(45,46)54(48,49)51-29-23-35-33-21-26(25-14-17-38-32(20-25)30-10-4-6-12-37(30)50-38)15-18-41(33)53-42(35)36(24-29)47(27-8-2-1-3-9-27)28-16-19-40-34(22-28)31-11-5-7-13-39(31)52-40/h1-24H. The maximum Gasteiger partial charge on any atom is 0.534 e. The Kier molecular flexibility index (Phi) is 7.32. The van der Waals surface area contributed by atoms with E-state index in [1.54, 1.807) is 11.3 Å².